The third kappa shape index (κ3) is 2.05. The van der Waals surface area contributed by atoms with Gasteiger partial charge in [-0.15, -0.1) is 0 Å². The van der Waals surface area contributed by atoms with E-state index in [1.807, 2.05) is 41.1 Å². The molecule has 1 aromatic heterocycles. The summed E-state index contributed by atoms with van der Waals surface area (Å²) >= 11 is 4.98. The predicted octanol–water partition coefficient (Wildman–Crippen LogP) is 3.59. The minimum atomic E-state index is -0.515. The molecule has 0 radical (unpaired) electrons. The Labute approximate surface area is 95.2 Å². The SMILES string of the molecule is OC(c1ccsc1)c1cccc(Br)c1. The third-order valence-corrected chi connectivity index (χ3v) is 3.22. The van der Waals surface area contributed by atoms with Gasteiger partial charge in [-0.25, -0.2) is 0 Å². The molecule has 0 bridgehead atoms. The summed E-state index contributed by atoms with van der Waals surface area (Å²) in [6.45, 7) is 0. The quantitative estimate of drug-likeness (QED) is 0.883. The van der Waals surface area contributed by atoms with Gasteiger partial charge in [-0.2, -0.15) is 11.3 Å². The summed E-state index contributed by atoms with van der Waals surface area (Å²) in [7, 11) is 0. The lowest BCUT2D eigenvalue weighted by atomic mass is 10.1. The highest BCUT2D eigenvalue weighted by atomic mass is 79.9. The number of aliphatic hydroxyl groups is 1. The van der Waals surface area contributed by atoms with E-state index >= 15 is 0 Å². The van der Waals surface area contributed by atoms with Crippen LogP contribution in [-0.4, -0.2) is 5.11 Å². The normalized spacial score (nSPS) is 12.7. The average Bonchev–Trinajstić information content (AvgIpc) is 2.69. The summed E-state index contributed by atoms with van der Waals surface area (Å²) in [5.41, 5.74) is 1.87. The zero-order valence-corrected chi connectivity index (χ0v) is 9.75. The van der Waals surface area contributed by atoms with Crippen molar-refractivity contribution in [2.45, 2.75) is 6.10 Å². The lowest BCUT2D eigenvalue weighted by molar-refractivity contribution is 0.221. The molecule has 0 aliphatic heterocycles. The number of hydrogen-bond donors (Lipinski definition) is 1. The molecule has 14 heavy (non-hydrogen) atoms. The summed E-state index contributed by atoms with van der Waals surface area (Å²) in [5, 5.41) is 13.9. The Hall–Kier alpha value is -0.640. The maximum Gasteiger partial charge on any atom is 0.105 e. The standard InChI is InChI=1S/C11H9BrOS/c12-10-3-1-2-8(6-10)11(13)9-4-5-14-7-9/h1-7,11,13H. The van der Waals surface area contributed by atoms with Crippen LogP contribution in [0.4, 0.5) is 0 Å². The Bertz CT molecular complexity index is 411. The number of hydrogen-bond acceptors (Lipinski definition) is 2. The van der Waals surface area contributed by atoms with Gasteiger partial charge in [0.15, 0.2) is 0 Å². The molecule has 0 aliphatic carbocycles. The van der Waals surface area contributed by atoms with Crippen molar-refractivity contribution in [3.05, 3.63) is 56.7 Å². The van der Waals surface area contributed by atoms with Crippen molar-refractivity contribution in [1.29, 1.82) is 0 Å². The second-order valence-electron chi connectivity index (χ2n) is 3.01. The van der Waals surface area contributed by atoms with Crippen molar-refractivity contribution < 1.29 is 5.11 Å². The number of thiophene rings is 1. The van der Waals surface area contributed by atoms with E-state index in [1.165, 1.54) is 0 Å². The second kappa shape index (κ2) is 4.26. The van der Waals surface area contributed by atoms with Gasteiger partial charge in [0.1, 0.15) is 6.10 Å². The van der Waals surface area contributed by atoms with Crippen molar-refractivity contribution >= 4 is 27.3 Å². The van der Waals surface area contributed by atoms with Crippen LogP contribution < -0.4 is 0 Å². The predicted molar refractivity (Wildman–Crippen MR) is 62.5 cm³/mol. The first kappa shape index (κ1) is 9.90. The molecule has 3 heteroatoms. The molecular weight excluding hydrogens is 260 g/mol. The number of aliphatic hydroxyl groups excluding tert-OH is 1. The van der Waals surface area contributed by atoms with Crippen LogP contribution in [0.15, 0.2) is 45.6 Å². The topological polar surface area (TPSA) is 20.2 Å². The molecule has 0 saturated carbocycles. The number of halogens is 1. The number of rotatable bonds is 2. The summed E-state index contributed by atoms with van der Waals surface area (Å²) in [5.74, 6) is 0. The Morgan fingerprint density at radius 1 is 1.21 bits per heavy atom. The Balaban J connectivity index is 2.32. The van der Waals surface area contributed by atoms with Crippen molar-refractivity contribution in [3.63, 3.8) is 0 Å². The molecule has 1 heterocycles. The maximum absolute atomic E-state index is 9.99. The molecule has 0 amide bonds. The fraction of sp³-hybridized carbons (Fsp3) is 0.0909. The van der Waals surface area contributed by atoms with Gasteiger partial charge in [0.25, 0.3) is 0 Å². The molecule has 1 N–H and O–H groups in total. The molecule has 2 rings (SSSR count). The molecule has 72 valence electrons. The Morgan fingerprint density at radius 3 is 2.71 bits per heavy atom. The molecule has 2 aromatic rings. The molecule has 0 spiro atoms. The van der Waals surface area contributed by atoms with E-state index in [2.05, 4.69) is 15.9 Å². The zero-order chi connectivity index (χ0) is 9.97. The Morgan fingerprint density at radius 2 is 2.07 bits per heavy atom. The van der Waals surface area contributed by atoms with E-state index in [0.717, 1.165) is 15.6 Å². The lowest BCUT2D eigenvalue weighted by Crippen LogP contribution is -1.97. The smallest absolute Gasteiger partial charge is 0.105 e. The molecule has 1 unspecified atom stereocenters. The van der Waals surface area contributed by atoms with Gasteiger partial charge >= 0.3 is 0 Å². The maximum atomic E-state index is 9.99. The van der Waals surface area contributed by atoms with E-state index in [0.29, 0.717) is 0 Å². The van der Waals surface area contributed by atoms with Crippen molar-refractivity contribution in [1.82, 2.24) is 0 Å². The van der Waals surface area contributed by atoms with Gasteiger partial charge in [-0.1, -0.05) is 28.1 Å². The zero-order valence-electron chi connectivity index (χ0n) is 7.35. The van der Waals surface area contributed by atoms with E-state index in [4.69, 9.17) is 0 Å². The second-order valence-corrected chi connectivity index (χ2v) is 4.71. The summed E-state index contributed by atoms with van der Waals surface area (Å²) in [4.78, 5) is 0. The largest absolute Gasteiger partial charge is 0.384 e. The molecule has 0 fully saturated rings. The molecule has 1 nitrogen and oxygen atoms in total. The number of benzene rings is 1. The molecule has 1 aromatic carbocycles. The van der Waals surface area contributed by atoms with Crippen molar-refractivity contribution in [3.8, 4) is 0 Å². The molecule has 1 atom stereocenters. The lowest BCUT2D eigenvalue weighted by Gasteiger charge is -2.09. The first-order chi connectivity index (χ1) is 6.77. The van der Waals surface area contributed by atoms with Crippen LogP contribution in [0, 0.1) is 0 Å². The van der Waals surface area contributed by atoms with Crippen LogP contribution in [-0.2, 0) is 0 Å². The minimum Gasteiger partial charge on any atom is -0.384 e. The summed E-state index contributed by atoms with van der Waals surface area (Å²) < 4.78 is 0.990. The highest BCUT2D eigenvalue weighted by Gasteiger charge is 2.10. The molecule has 0 aliphatic rings. The Kier molecular flexibility index (Phi) is 3.01. The van der Waals surface area contributed by atoms with E-state index in [1.54, 1.807) is 11.3 Å². The minimum absolute atomic E-state index is 0.515. The molecule has 0 saturated heterocycles. The van der Waals surface area contributed by atoms with E-state index < -0.39 is 6.10 Å². The first-order valence-corrected chi connectivity index (χ1v) is 5.96. The van der Waals surface area contributed by atoms with E-state index in [-0.39, 0.29) is 0 Å². The average molecular weight is 269 g/mol. The van der Waals surface area contributed by atoms with Crippen LogP contribution >= 0.6 is 27.3 Å². The van der Waals surface area contributed by atoms with Gasteiger partial charge < -0.3 is 5.11 Å². The van der Waals surface area contributed by atoms with Gasteiger partial charge in [-0.05, 0) is 40.1 Å². The molecular formula is C11H9BrOS. The van der Waals surface area contributed by atoms with Crippen LogP contribution in [0.5, 0.6) is 0 Å². The van der Waals surface area contributed by atoms with Gasteiger partial charge in [-0.3, -0.25) is 0 Å². The monoisotopic (exact) mass is 268 g/mol. The van der Waals surface area contributed by atoms with Crippen molar-refractivity contribution in [2.75, 3.05) is 0 Å². The highest BCUT2D eigenvalue weighted by molar-refractivity contribution is 9.10. The highest BCUT2D eigenvalue weighted by Crippen LogP contribution is 2.25. The van der Waals surface area contributed by atoms with Gasteiger partial charge in [0.2, 0.25) is 0 Å². The van der Waals surface area contributed by atoms with E-state index in [9.17, 15) is 5.11 Å². The van der Waals surface area contributed by atoms with Crippen LogP contribution in [0.3, 0.4) is 0 Å². The summed E-state index contributed by atoms with van der Waals surface area (Å²) in [6.07, 6.45) is -0.515. The van der Waals surface area contributed by atoms with Crippen LogP contribution in [0.1, 0.15) is 17.2 Å². The fourth-order valence-corrected chi connectivity index (χ4v) is 2.40. The first-order valence-electron chi connectivity index (χ1n) is 4.23. The van der Waals surface area contributed by atoms with Crippen LogP contribution in [0.2, 0.25) is 0 Å². The third-order valence-electron chi connectivity index (χ3n) is 2.02. The van der Waals surface area contributed by atoms with Crippen LogP contribution in [0.25, 0.3) is 0 Å². The van der Waals surface area contributed by atoms with Gasteiger partial charge in [0.05, 0.1) is 0 Å². The fourth-order valence-electron chi connectivity index (χ4n) is 1.30. The van der Waals surface area contributed by atoms with Gasteiger partial charge in [0, 0.05) is 4.47 Å². The van der Waals surface area contributed by atoms with Crippen molar-refractivity contribution in [2.24, 2.45) is 0 Å². The summed E-state index contributed by atoms with van der Waals surface area (Å²) in [6, 6.07) is 9.67.